The Morgan fingerprint density at radius 1 is 1.31 bits per heavy atom. The summed E-state index contributed by atoms with van der Waals surface area (Å²) in [5, 5.41) is 1.07. The summed E-state index contributed by atoms with van der Waals surface area (Å²) in [6, 6.07) is 2.03. The highest BCUT2D eigenvalue weighted by molar-refractivity contribution is 9.11. The molecule has 1 aromatic rings. The zero-order valence-electron chi connectivity index (χ0n) is 9.54. The Kier molecular flexibility index (Phi) is 6.96. The van der Waals surface area contributed by atoms with Gasteiger partial charge in [-0.25, -0.2) is 4.98 Å². The summed E-state index contributed by atoms with van der Waals surface area (Å²) in [7, 11) is 0. The van der Waals surface area contributed by atoms with Gasteiger partial charge in [0.15, 0.2) is 0 Å². The third kappa shape index (κ3) is 4.73. The monoisotopic (exact) mass is 366 g/mol. The van der Waals surface area contributed by atoms with E-state index in [4.69, 9.17) is 0 Å². The molecule has 0 atom stereocenters. The van der Waals surface area contributed by atoms with Crippen LogP contribution in [0.2, 0.25) is 0 Å². The first-order valence-electron chi connectivity index (χ1n) is 5.33. The number of halogens is 2. The van der Waals surface area contributed by atoms with E-state index in [1.54, 1.807) is 11.8 Å². The van der Waals surface area contributed by atoms with Crippen LogP contribution >= 0.6 is 43.6 Å². The second-order valence-corrected chi connectivity index (χ2v) is 6.17. The molecule has 0 bridgehead atoms. The molecule has 0 aliphatic rings. The van der Waals surface area contributed by atoms with Gasteiger partial charge in [-0.15, -0.1) is 11.8 Å². The summed E-state index contributed by atoms with van der Waals surface area (Å²) < 4.78 is 2.07. The molecule has 0 saturated carbocycles. The van der Waals surface area contributed by atoms with Crippen molar-refractivity contribution in [2.45, 2.75) is 18.9 Å². The van der Waals surface area contributed by atoms with Crippen LogP contribution in [-0.2, 0) is 0 Å². The van der Waals surface area contributed by atoms with Gasteiger partial charge in [-0.2, -0.15) is 0 Å². The van der Waals surface area contributed by atoms with E-state index in [9.17, 15) is 0 Å². The molecule has 0 unspecified atom stereocenters. The van der Waals surface area contributed by atoms with Gasteiger partial charge in [-0.3, -0.25) is 0 Å². The quantitative estimate of drug-likeness (QED) is 0.706. The molecule has 90 valence electrons. The molecule has 1 aromatic heterocycles. The van der Waals surface area contributed by atoms with Gasteiger partial charge in [-0.1, -0.05) is 13.8 Å². The van der Waals surface area contributed by atoms with Crippen molar-refractivity contribution < 1.29 is 0 Å². The van der Waals surface area contributed by atoms with Crippen molar-refractivity contribution in [2.75, 3.05) is 25.4 Å². The Hall–Kier alpha value is 0.420. The van der Waals surface area contributed by atoms with Crippen LogP contribution < -0.4 is 0 Å². The minimum atomic E-state index is 1.01. The first kappa shape index (κ1) is 14.5. The van der Waals surface area contributed by atoms with Crippen LogP contribution in [0.5, 0.6) is 0 Å². The molecule has 0 fully saturated rings. The molecule has 0 aromatic carbocycles. The molecular weight excluding hydrogens is 352 g/mol. The maximum Gasteiger partial charge on any atom is 0.110 e. The van der Waals surface area contributed by atoms with E-state index < -0.39 is 0 Å². The normalized spacial score (nSPS) is 11.1. The highest BCUT2D eigenvalue weighted by atomic mass is 79.9. The zero-order chi connectivity index (χ0) is 12.0. The van der Waals surface area contributed by atoms with Gasteiger partial charge in [0.25, 0.3) is 0 Å². The van der Waals surface area contributed by atoms with E-state index in [1.165, 1.54) is 0 Å². The fourth-order valence-corrected chi connectivity index (χ4v) is 3.52. The average molecular weight is 368 g/mol. The highest BCUT2D eigenvalue weighted by Crippen LogP contribution is 2.27. The maximum absolute atomic E-state index is 4.38. The van der Waals surface area contributed by atoms with Crippen LogP contribution in [-0.4, -0.2) is 35.3 Å². The molecule has 0 saturated heterocycles. The fraction of sp³-hybridized carbons (Fsp3) is 0.545. The van der Waals surface area contributed by atoms with Gasteiger partial charge in [0, 0.05) is 23.0 Å². The van der Waals surface area contributed by atoms with E-state index in [0.29, 0.717) is 0 Å². The molecule has 0 amide bonds. The molecule has 1 rings (SSSR count). The van der Waals surface area contributed by atoms with Crippen molar-refractivity contribution in [2.24, 2.45) is 0 Å². The van der Waals surface area contributed by atoms with Crippen LogP contribution in [0.25, 0.3) is 0 Å². The first-order valence-corrected chi connectivity index (χ1v) is 7.90. The number of aromatic nitrogens is 1. The lowest BCUT2D eigenvalue weighted by atomic mass is 10.5. The summed E-state index contributed by atoms with van der Waals surface area (Å²) >= 11 is 8.72. The van der Waals surface area contributed by atoms with Gasteiger partial charge in [-0.05, 0) is 51.0 Å². The standard InChI is InChI=1S/C11H16Br2N2S/c1-3-15(4-2)5-6-16-11-10(13)7-9(12)8-14-11/h7-8H,3-6H2,1-2H3. The molecule has 0 spiro atoms. The number of hydrogen-bond donors (Lipinski definition) is 0. The molecule has 1 heterocycles. The van der Waals surface area contributed by atoms with Crippen LogP contribution in [0.15, 0.2) is 26.2 Å². The summed E-state index contributed by atoms with van der Waals surface area (Å²) in [5.41, 5.74) is 0. The topological polar surface area (TPSA) is 16.1 Å². The first-order chi connectivity index (χ1) is 7.67. The highest BCUT2D eigenvalue weighted by Gasteiger charge is 2.04. The Labute approximate surface area is 118 Å². The molecule has 0 aliphatic heterocycles. The number of nitrogens with zero attached hydrogens (tertiary/aromatic N) is 2. The van der Waals surface area contributed by atoms with Crippen LogP contribution in [0.1, 0.15) is 13.8 Å². The van der Waals surface area contributed by atoms with Crippen molar-refractivity contribution in [3.8, 4) is 0 Å². The molecule has 2 nitrogen and oxygen atoms in total. The molecule has 0 radical (unpaired) electrons. The van der Waals surface area contributed by atoms with Gasteiger partial charge >= 0.3 is 0 Å². The molecule has 0 N–H and O–H groups in total. The van der Waals surface area contributed by atoms with E-state index in [-0.39, 0.29) is 0 Å². The molecular formula is C11H16Br2N2S. The Bertz CT molecular complexity index is 330. The van der Waals surface area contributed by atoms with Crippen LogP contribution in [0.3, 0.4) is 0 Å². The fourth-order valence-electron chi connectivity index (χ4n) is 1.32. The Balaban J connectivity index is 2.42. The van der Waals surface area contributed by atoms with E-state index in [2.05, 4.69) is 55.6 Å². The van der Waals surface area contributed by atoms with Crippen LogP contribution in [0.4, 0.5) is 0 Å². The summed E-state index contributed by atoms with van der Waals surface area (Å²) in [5.74, 6) is 1.08. The third-order valence-corrected chi connectivity index (χ3v) is 4.60. The molecule has 5 heteroatoms. The number of rotatable bonds is 6. The van der Waals surface area contributed by atoms with Crippen molar-refractivity contribution >= 4 is 43.6 Å². The summed E-state index contributed by atoms with van der Waals surface area (Å²) in [6.45, 7) is 7.74. The van der Waals surface area contributed by atoms with E-state index >= 15 is 0 Å². The van der Waals surface area contributed by atoms with Gasteiger partial charge in [0.1, 0.15) is 5.03 Å². The largest absolute Gasteiger partial charge is 0.303 e. The number of thioether (sulfide) groups is 1. The summed E-state index contributed by atoms with van der Waals surface area (Å²) in [4.78, 5) is 6.79. The van der Waals surface area contributed by atoms with Gasteiger partial charge in [0.2, 0.25) is 0 Å². The number of pyridine rings is 1. The maximum atomic E-state index is 4.38. The second-order valence-electron chi connectivity index (χ2n) is 3.32. The van der Waals surface area contributed by atoms with Gasteiger partial charge in [0.05, 0.1) is 4.47 Å². The van der Waals surface area contributed by atoms with Crippen molar-refractivity contribution in [3.63, 3.8) is 0 Å². The SMILES string of the molecule is CCN(CC)CCSc1ncc(Br)cc1Br. The summed E-state index contributed by atoms with van der Waals surface area (Å²) in [6.07, 6.45) is 1.84. The minimum absolute atomic E-state index is 1.01. The lowest BCUT2D eigenvalue weighted by Gasteiger charge is -2.17. The Morgan fingerprint density at radius 2 is 2.00 bits per heavy atom. The smallest absolute Gasteiger partial charge is 0.110 e. The lowest BCUT2D eigenvalue weighted by Crippen LogP contribution is -2.25. The van der Waals surface area contributed by atoms with Crippen molar-refractivity contribution in [3.05, 3.63) is 21.2 Å². The molecule has 16 heavy (non-hydrogen) atoms. The average Bonchev–Trinajstić information content (AvgIpc) is 2.27. The van der Waals surface area contributed by atoms with Crippen LogP contribution in [0, 0.1) is 0 Å². The zero-order valence-corrected chi connectivity index (χ0v) is 13.5. The number of hydrogen-bond acceptors (Lipinski definition) is 3. The predicted molar refractivity (Wildman–Crippen MR) is 78.1 cm³/mol. The van der Waals surface area contributed by atoms with Crippen molar-refractivity contribution in [1.29, 1.82) is 0 Å². The lowest BCUT2D eigenvalue weighted by molar-refractivity contribution is 0.324. The third-order valence-electron chi connectivity index (χ3n) is 2.31. The van der Waals surface area contributed by atoms with Crippen molar-refractivity contribution in [1.82, 2.24) is 9.88 Å². The Morgan fingerprint density at radius 3 is 2.56 bits per heavy atom. The van der Waals surface area contributed by atoms with E-state index in [0.717, 1.165) is 39.4 Å². The van der Waals surface area contributed by atoms with Gasteiger partial charge < -0.3 is 4.90 Å². The minimum Gasteiger partial charge on any atom is -0.303 e. The van der Waals surface area contributed by atoms with E-state index in [1.807, 2.05) is 12.3 Å². The predicted octanol–water partition coefficient (Wildman–Crippen LogP) is 4.04. The second kappa shape index (κ2) is 7.69. The molecule has 0 aliphatic carbocycles.